The highest BCUT2D eigenvalue weighted by Gasteiger charge is 2.02. The van der Waals surface area contributed by atoms with Crippen molar-refractivity contribution < 1.29 is 5.11 Å². The third-order valence-electron chi connectivity index (χ3n) is 1.95. The van der Waals surface area contributed by atoms with Gasteiger partial charge in [0.05, 0.1) is 9.89 Å². The van der Waals surface area contributed by atoms with Crippen LogP contribution in [0.3, 0.4) is 0 Å². The zero-order valence-electron chi connectivity index (χ0n) is 8.29. The van der Waals surface area contributed by atoms with Crippen molar-refractivity contribution in [3.63, 3.8) is 0 Å². The number of aliphatic hydroxyl groups excluding tert-OH is 1. The summed E-state index contributed by atoms with van der Waals surface area (Å²) in [4.78, 5) is 0. The number of halogens is 1. The van der Waals surface area contributed by atoms with Crippen LogP contribution in [0, 0.1) is 0 Å². The third kappa shape index (κ3) is 4.55. The number of nitrogens with one attached hydrogen (secondary N) is 1. The number of rotatable bonds is 6. The van der Waals surface area contributed by atoms with Gasteiger partial charge in [-0.15, -0.1) is 11.3 Å². The SMILES string of the molecule is CCCC(O)CNCc1csc(Br)c1. The molecule has 0 spiro atoms. The minimum Gasteiger partial charge on any atom is -0.392 e. The summed E-state index contributed by atoms with van der Waals surface area (Å²) in [6, 6.07) is 2.10. The molecule has 4 heteroatoms. The Morgan fingerprint density at radius 2 is 2.43 bits per heavy atom. The predicted molar refractivity (Wildman–Crippen MR) is 64.6 cm³/mol. The molecule has 2 nitrogen and oxygen atoms in total. The molecule has 0 aromatic carbocycles. The molecule has 1 aromatic rings. The van der Waals surface area contributed by atoms with E-state index in [4.69, 9.17) is 0 Å². The maximum absolute atomic E-state index is 9.46. The fraction of sp³-hybridized carbons (Fsp3) is 0.600. The average molecular weight is 278 g/mol. The molecule has 0 saturated heterocycles. The van der Waals surface area contributed by atoms with Gasteiger partial charge < -0.3 is 10.4 Å². The molecule has 0 aliphatic rings. The third-order valence-corrected chi connectivity index (χ3v) is 3.51. The minimum atomic E-state index is -0.206. The predicted octanol–water partition coefficient (Wildman–Crippen LogP) is 2.76. The van der Waals surface area contributed by atoms with Gasteiger partial charge in [0.25, 0.3) is 0 Å². The lowest BCUT2D eigenvalue weighted by Gasteiger charge is -2.09. The molecular formula is C10H16BrNOS. The van der Waals surface area contributed by atoms with E-state index in [0.717, 1.165) is 23.2 Å². The number of aliphatic hydroxyl groups is 1. The summed E-state index contributed by atoms with van der Waals surface area (Å²) in [7, 11) is 0. The molecule has 0 bridgehead atoms. The summed E-state index contributed by atoms with van der Waals surface area (Å²) in [6.45, 7) is 3.60. The van der Waals surface area contributed by atoms with Gasteiger partial charge in [0.2, 0.25) is 0 Å². The maximum Gasteiger partial charge on any atom is 0.0701 e. The first-order valence-corrected chi connectivity index (χ1v) is 6.51. The van der Waals surface area contributed by atoms with Crippen LogP contribution in [0.15, 0.2) is 15.2 Å². The second-order valence-corrected chi connectivity index (χ2v) is 5.62. The molecule has 1 unspecified atom stereocenters. The number of hydrogen-bond acceptors (Lipinski definition) is 3. The van der Waals surface area contributed by atoms with Crippen molar-refractivity contribution in [2.75, 3.05) is 6.54 Å². The van der Waals surface area contributed by atoms with Crippen LogP contribution >= 0.6 is 27.3 Å². The second kappa shape index (κ2) is 6.56. The molecule has 1 aromatic heterocycles. The summed E-state index contributed by atoms with van der Waals surface area (Å²) in [6.07, 6.45) is 1.70. The van der Waals surface area contributed by atoms with E-state index in [1.54, 1.807) is 11.3 Å². The lowest BCUT2D eigenvalue weighted by atomic mass is 10.2. The Kier molecular flexibility index (Phi) is 5.70. The van der Waals surface area contributed by atoms with E-state index < -0.39 is 0 Å². The molecule has 0 aliphatic carbocycles. The largest absolute Gasteiger partial charge is 0.392 e. The number of thiophene rings is 1. The first-order chi connectivity index (χ1) is 6.72. The molecule has 0 aliphatic heterocycles. The van der Waals surface area contributed by atoms with Crippen molar-refractivity contribution in [2.45, 2.75) is 32.4 Å². The van der Waals surface area contributed by atoms with Crippen molar-refractivity contribution in [1.29, 1.82) is 0 Å². The summed E-state index contributed by atoms with van der Waals surface area (Å²) >= 11 is 5.11. The molecule has 0 radical (unpaired) electrons. The van der Waals surface area contributed by atoms with Crippen molar-refractivity contribution in [1.82, 2.24) is 5.32 Å². The van der Waals surface area contributed by atoms with Gasteiger partial charge in [-0.05, 0) is 39.4 Å². The molecule has 0 amide bonds. The van der Waals surface area contributed by atoms with Gasteiger partial charge in [-0.3, -0.25) is 0 Å². The molecule has 1 rings (SSSR count). The molecule has 1 atom stereocenters. The van der Waals surface area contributed by atoms with E-state index in [1.165, 1.54) is 5.56 Å². The van der Waals surface area contributed by atoms with Gasteiger partial charge in [0.15, 0.2) is 0 Å². The van der Waals surface area contributed by atoms with E-state index in [1.807, 2.05) is 0 Å². The van der Waals surface area contributed by atoms with Gasteiger partial charge in [0.1, 0.15) is 0 Å². The molecule has 80 valence electrons. The zero-order chi connectivity index (χ0) is 10.4. The Bertz CT molecular complexity index is 264. The molecule has 0 fully saturated rings. The van der Waals surface area contributed by atoms with E-state index in [-0.39, 0.29) is 6.10 Å². The lowest BCUT2D eigenvalue weighted by molar-refractivity contribution is 0.160. The van der Waals surface area contributed by atoms with E-state index in [9.17, 15) is 5.11 Å². The Balaban J connectivity index is 2.15. The van der Waals surface area contributed by atoms with Crippen LogP contribution in [0.1, 0.15) is 25.3 Å². The van der Waals surface area contributed by atoms with Crippen LogP contribution in [0.25, 0.3) is 0 Å². The van der Waals surface area contributed by atoms with Crippen LogP contribution in [0.2, 0.25) is 0 Å². The van der Waals surface area contributed by atoms with Gasteiger partial charge in [-0.2, -0.15) is 0 Å². The van der Waals surface area contributed by atoms with Crippen LogP contribution in [-0.4, -0.2) is 17.8 Å². The topological polar surface area (TPSA) is 32.3 Å². The zero-order valence-corrected chi connectivity index (χ0v) is 10.7. The molecule has 14 heavy (non-hydrogen) atoms. The Morgan fingerprint density at radius 3 is 3.00 bits per heavy atom. The first kappa shape index (κ1) is 12.2. The maximum atomic E-state index is 9.46. The lowest BCUT2D eigenvalue weighted by Crippen LogP contribution is -2.25. The highest BCUT2D eigenvalue weighted by atomic mass is 79.9. The van der Waals surface area contributed by atoms with Crippen LogP contribution in [-0.2, 0) is 6.54 Å². The Hall–Kier alpha value is 0.100. The molecule has 2 N–H and O–H groups in total. The first-order valence-electron chi connectivity index (χ1n) is 4.84. The summed E-state index contributed by atoms with van der Waals surface area (Å²) in [5.74, 6) is 0. The van der Waals surface area contributed by atoms with Crippen molar-refractivity contribution >= 4 is 27.3 Å². The smallest absolute Gasteiger partial charge is 0.0701 e. The molecule has 0 saturated carbocycles. The highest BCUT2D eigenvalue weighted by Crippen LogP contribution is 2.20. The average Bonchev–Trinajstić information content (AvgIpc) is 2.52. The van der Waals surface area contributed by atoms with Gasteiger partial charge in [-0.25, -0.2) is 0 Å². The second-order valence-electron chi connectivity index (χ2n) is 3.33. The van der Waals surface area contributed by atoms with E-state index >= 15 is 0 Å². The van der Waals surface area contributed by atoms with Crippen LogP contribution in [0.4, 0.5) is 0 Å². The monoisotopic (exact) mass is 277 g/mol. The van der Waals surface area contributed by atoms with Crippen molar-refractivity contribution in [3.05, 3.63) is 20.8 Å². The standard InChI is InChI=1S/C10H16BrNOS/c1-2-3-9(13)6-12-5-8-4-10(11)14-7-8/h4,7,9,12-13H,2-3,5-6H2,1H3. The van der Waals surface area contributed by atoms with Crippen molar-refractivity contribution in [2.24, 2.45) is 0 Å². The van der Waals surface area contributed by atoms with E-state index in [2.05, 4.69) is 39.6 Å². The normalized spacial score (nSPS) is 13.1. The van der Waals surface area contributed by atoms with Crippen LogP contribution in [0.5, 0.6) is 0 Å². The van der Waals surface area contributed by atoms with Gasteiger partial charge in [-0.1, -0.05) is 13.3 Å². The Morgan fingerprint density at radius 1 is 1.64 bits per heavy atom. The summed E-state index contributed by atoms with van der Waals surface area (Å²) < 4.78 is 1.16. The van der Waals surface area contributed by atoms with Gasteiger partial charge >= 0.3 is 0 Å². The quantitative estimate of drug-likeness (QED) is 0.838. The fourth-order valence-corrected chi connectivity index (χ4v) is 2.47. The van der Waals surface area contributed by atoms with Gasteiger partial charge in [0, 0.05) is 13.1 Å². The van der Waals surface area contributed by atoms with Crippen molar-refractivity contribution in [3.8, 4) is 0 Å². The fourth-order valence-electron chi connectivity index (χ4n) is 1.26. The number of hydrogen-bond donors (Lipinski definition) is 2. The molecular weight excluding hydrogens is 262 g/mol. The summed E-state index contributed by atoms with van der Waals surface area (Å²) in [5.41, 5.74) is 1.27. The van der Waals surface area contributed by atoms with Crippen LogP contribution < -0.4 is 5.32 Å². The minimum absolute atomic E-state index is 0.206. The van der Waals surface area contributed by atoms with E-state index in [0.29, 0.717) is 6.54 Å². The Labute approximate surface area is 97.5 Å². The molecule has 1 heterocycles. The highest BCUT2D eigenvalue weighted by molar-refractivity contribution is 9.11. The summed E-state index contributed by atoms with van der Waals surface area (Å²) in [5, 5.41) is 14.8.